The Morgan fingerprint density at radius 1 is 1.52 bits per heavy atom. The second-order valence-corrected chi connectivity index (χ2v) is 5.04. The number of nitrogens with one attached hydrogen (secondary N) is 1. The van der Waals surface area contributed by atoms with Gasteiger partial charge in [-0.3, -0.25) is 4.79 Å². The van der Waals surface area contributed by atoms with Crippen LogP contribution in [0, 0.1) is 0 Å². The molecule has 0 bridgehead atoms. The van der Waals surface area contributed by atoms with Crippen LogP contribution in [0.15, 0.2) is 30.5 Å². The van der Waals surface area contributed by atoms with Gasteiger partial charge in [-0.05, 0) is 31.0 Å². The van der Waals surface area contributed by atoms with E-state index in [9.17, 15) is 9.90 Å². The minimum atomic E-state index is -0.396. The van der Waals surface area contributed by atoms with Gasteiger partial charge in [0, 0.05) is 11.6 Å². The Labute approximate surface area is 127 Å². The molecule has 21 heavy (non-hydrogen) atoms. The Morgan fingerprint density at radius 2 is 2.33 bits per heavy atom. The normalized spacial score (nSPS) is 12.1. The van der Waals surface area contributed by atoms with E-state index >= 15 is 0 Å². The summed E-state index contributed by atoms with van der Waals surface area (Å²) in [6.07, 6.45) is 2.19. The van der Waals surface area contributed by atoms with Crippen LogP contribution < -0.4 is 5.32 Å². The number of benzene rings is 1. The van der Waals surface area contributed by atoms with Crippen LogP contribution in [0.25, 0.3) is 5.69 Å². The molecule has 0 aliphatic rings. The average molecular weight is 309 g/mol. The van der Waals surface area contributed by atoms with Crippen molar-refractivity contribution in [2.24, 2.45) is 0 Å². The molecule has 0 radical (unpaired) electrons. The Balaban J connectivity index is 1.98. The average Bonchev–Trinajstić information content (AvgIpc) is 2.97. The number of hydrogen-bond acceptors (Lipinski definition) is 4. The third-order valence-corrected chi connectivity index (χ3v) is 3.23. The maximum Gasteiger partial charge on any atom is 0.273 e. The third-order valence-electron chi connectivity index (χ3n) is 3.00. The van der Waals surface area contributed by atoms with Gasteiger partial charge >= 0.3 is 0 Å². The van der Waals surface area contributed by atoms with Crippen LogP contribution in [0.2, 0.25) is 5.02 Å². The van der Waals surface area contributed by atoms with Gasteiger partial charge in [0.05, 0.1) is 18.0 Å². The fourth-order valence-corrected chi connectivity index (χ4v) is 1.92. The quantitative estimate of drug-likeness (QED) is 0.853. The van der Waals surface area contributed by atoms with Crippen LogP contribution in [-0.4, -0.2) is 38.7 Å². The van der Waals surface area contributed by atoms with Crippen LogP contribution in [0.3, 0.4) is 0 Å². The molecule has 7 heteroatoms. The van der Waals surface area contributed by atoms with Gasteiger partial charge in [-0.15, -0.1) is 5.10 Å². The van der Waals surface area contributed by atoms with Gasteiger partial charge in [-0.25, -0.2) is 0 Å². The molecule has 2 rings (SSSR count). The zero-order chi connectivity index (χ0) is 15.2. The molecule has 1 aromatic heterocycles. The Morgan fingerprint density at radius 3 is 3.05 bits per heavy atom. The van der Waals surface area contributed by atoms with Crippen molar-refractivity contribution in [3.63, 3.8) is 0 Å². The number of carbonyl (C=O) groups excluding carboxylic acids is 1. The first-order valence-corrected chi connectivity index (χ1v) is 7.12. The molecule has 1 unspecified atom stereocenters. The number of aliphatic hydroxyl groups excluding tert-OH is 1. The van der Waals surface area contributed by atoms with Crippen LogP contribution in [0.5, 0.6) is 0 Å². The van der Waals surface area contributed by atoms with Gasteiger partial charge < -0.3 is 10.4 Å². The van der Waals surface area contributed by atoms with Gasteiger partial charge in [0.25, 0.3) is 5.91 Å². The second-order valence-electron chi connectivity index (χ2n) is 4.61. The molecule has 0 fully saturated rings. The summed E-state index contributed by atoms with van der Waals surface area (Å²) in [6.45, 7) is 2.29. The molecule has 0 spiro atoms. The maximum absolute atomic E-state index is 11.9. The van der Waals surface area contributed by atoms with Crippen LogP contribution in [-0.2, 0) is 0 Å². The first kappa shape index (κ1) is 15.5. The molecule has 0 aliphatic heterocycles. The predicted octanol–water partition coefficient (Wildman–Crippen LogP) is 1.81. The molecule has 2 aromatic rings. The lowest BCUT2D eigenvalue weighted by atomic mass is 10.2. The zero-order valence-electron chi connectivity index (χ0n) is 11.7. The predicted molar refractivity (Wildman–Crippen MR) is 79.6 cm³/mol. The number of nitrogens with zero attached hydrogens (tertiary/aromatic N) is 3. The van der Waals surface area contributed by atoms with Crippen LogP contribution in [0.1, 0.15) is 30.3 Å². The highest BCUT2D eigenvalue weighted by Crippen LogP contribution is 2.13. The van der Waals surface area contributed by atoms with Crippen molar-refractivity contribution in [1.82, 2.24) is 20.3 Å². The highest BCUT2D eigenvalue weighted by Gasteiger charge is 2.11. The fraction of sp³-hybridized carbons (Fsp3) is 0.357. The second kappa shape index (κ2) is 7.19. The van der Waals surface area contributed by atoms with E-state index in [2.05, 4.69) is 15.5 Å². The van der Waals surface area contributed by atoms with Crippen molar-refractivity contribution in [2.45, 2.75) is 25.9 Å². The fourth-order valence-electron chi connectivity index (χ4n) is 1.74. The van der Waals surface area contributed by atoms with Gasteiger partial charge in [0.15, 0.2) is 5.69 Å². The Bertz CT molecular complexity index is 615. The number of aromatic nitrogens is 3. The third kappa shape index (κ3) is 4.27. The molecule has 1 aromatic carbocycles. The van der Waals surface area contributed by atoms with Gasteiger partial charge in [0.2, 0.25) is 0 Å². The first-order chi connectivity index (χ1) is 10.1. The Hall–Kier alpha value is -1.92. The number of rotatable bonds is 6. The lowest BCUT2D eigenvalue weighted by molar-refractivity contribution is 0.0936. The van der Waals surface area contributed by atoms with E-state index in [4.69, 9.17) is 11.6 Å². The van der Waals surface area contributed by atoms with Gasteiger partial charge in [-0.2, -0.15) is 9.90 Å². The smallest absolute Gasteiger partial charge is 0.273 e. The molecule has 1 amide bonds. The van der Waals surface area contributed by atoms with Gasteiger partial charge in [0.1, 0.15) is 0 Å². The largest absolute Gasteiger partial charge is 0.393 e. The molecular weight excluding hydrogens is 292 g/mol. The standard InChI is InChI=1S/C14H17ClN4O2/c1-2-12(20)6-7-16-14(21)13-9-17-19(18-13)11-5-3-4-10(15)8-11/h3-5,8-9,12,20H,2,6-7H2,1H3,(H,16,21). The first-order valence-electron chi connectivity index (χ1n) is 6.74. The van der Waals surface area contributed by atoms with Crippen molar-refractivity contribution in [3.05, 3.63) is 41.2 Å². The summed E-state index contributed by atoms with van der Waals surface area (Å²) in [5.74, 6) is -0.313. The lowest BCUT2D eigenvalue weighted by Gasteiger charge is -2.07. The monoisotopic (exact) mass is 308 g/mol. The zero-order valence-corrected chi connectivity index (χ0v) is 12.4. The summed E-state index contributed by atoms with van der Waals surface area (Å²) in [5.41, 5.74) is 0.906. The molecule has 112 valence electrons. The molecule has 6 nitrogen and oxygen atoms in total. The van der Waals surface area contributed by atoms with Crippen LogP contribution >= 0.6 is 11.6 Å². The summed E-state index contributed by atoms with van der Waals surface area (Å²) in [6, 6.07) is 7.04. The number of hydrogen-bond donors (Lipinski definition) is 2. The lowest BCUT2D eigenvalue weighted by Crippen LogP contribution is -2.27. The van der Waals surface area contributed by atoms with E-state index in [1.54, 1.807) is 24.3 Å². The molecule has 0 aliphatic carbocycles. The van der Waals surface area contributed by atoms with E-state index in [0.29, 0.717) is 30.1 Å². The number of halogens is 1. The minimum Gasteiger partial charge on any atom is -0.393 e. The topological polar surface area (TPSA) is 80.0 Å². The summed E-state index contributed by atoms with van der Waals surface area (Å²) in [5, 5.41) is 20.9. The van der Waals surface area contributed by atoms with Crippen molar-refractivity contribution < 1.29 is 9.90 Å². The highest BCUT2D eigenvalue weighted by atomic mass is 35.5. The van der Waals surface area contributed by atoms with Crippen molar-refractivity contribution in [1.29, 1.82) is 0 Å². The SMILES string of the molecule is CCC(O)CCNC(=O)c1cnn(-c2cccc(Cl)c2)n1. The maximum atomic E-state index is 11.9. The summed E-state index contributed by atoms with van der Waals surface area (Å²) >= 11 is 5.90. The molecular formula is C14H17ClN4O2. The summed E-state index contributed by atoms with van der Waals surface area (Å²) < 4.78 is 0. The molecule has 2 N–H and O–H groups in total. The highest BCUT2D eigenvalue weighted by molar-refractivity contribution is 6.30. The number of carbonyl (C=O) groups is 1. The molecule has 0 saturated heterocycles. The van der Waals surface area contributed by atoms with E-state index < -0.39 is 6.10 Å². The van der Waals surface area contributed by atoms with Crippen molar-refractivity contribution in [3.8, 4) is 5.69 Å². The van der Waals surface area contributed by atoms with Crippen molar-refractivity contribution >= 4 is 17.5 Å². The van der Waals surface area contributed by atoms with E-state index in [1.165, 1.54) is 11.0 Å². The van der Waals surface area contributed by atoms with Gasteiger partial charge in [-0.1, -0.05) is 24.6 Å². The summed E-state index contributed by atoms with van der Waals surface area (Å²) in [4.78, 5) is 13.2. The van der Waals surface area contributed by atoms with Crippen molar-refractivity contribution in [2.75, 3.05) is 6.54 Å². The Kier molecular flexibility index (Phi) is 5.30. The number of aliphatic hydroxyl groups is 1. The van der Waals surface area contributed by atoms with E-state index in [-0.39, 0.29) is 11.6 Å². The number of amides is 1. The molecule has 0 saturated carbocycles. The minimum absolute atomic E-state index is 0.223. The molecule has 1 heterocycles. The molecule has 1 atom stereocenters. The van der Waals surface area contributed by atoms with E-state index in [1.807, 2.05) is 6.92 Å². The van der Waals surface area contributed by atoms with E-state index in [0.717, 1.165) is 0 Å². The summed E-state index contributed by atoms with van der Waals surface area (Å²) in [7, 11) is 0. The van der Waals surface area contributed by atoms with Crippen LogP contribution in [0.4, 0.5) is 0 Å².